The van der Waals surface area contributed by atoms with Crippen LogP contribution >= 0.6 is 0 Å². The number of nitrogens with one attached hydrogen (secondary N) is 1. The number of hydrogen-bond acceptors (Lipinski definition) is 4. The lowest BCUT2D eigenvalue weighted by molar-refractivity contribution is 0.129. The number of methoxy groups -OCH3 is 1. The third kappa shape index (κ3) is 3.24. The van der Waals surface area contributed by atoms with Crippen molar-refractivity contribution in [1.29, 1.82) is 0 Å². The number of urea groups is 1. The number of ether oxygens (including phenoxy) is 1. The number of benzene rings is 1. The third-order valence-corrected chi connectivity index (χ3v) is 5.19. The lowest BCUT2D eigenvalue weighted by Crippen LogP contribution is -2.48. The number of aromatic nitrogens is 3. The van der Waals surface area contributed by atoms with Gasteiger partial charge in [0.2, 0.25) is 0 Å². The molecule has 2 aliphatic heterocycles. The molecule has 132 valence electrons. The molecule has 0 spiro atoms. The fourth-order valence-electron chi connectivity index (χ4n) is 4.11. The van der Waals surface area contributed by atoms with Crippen molar-refractivity contribution in [3.05, 3.63) is 42.2 Å². The molecule has 2 saturated heterocycles. The van der Waals surface area contributed by atoms with Gasteiger partial charge in [0.1, 0.15) is 5.69 Å². The fraction of sp³-hybridized carbons (Fsp3) is 0.500. The molecule has 7 heteroatoms. The molecule has 3 heterocycles. The average Bonchev–Trinajstić information content (AvgIpc) is 3.19. The molecule has 4 rings (SSSR count). The largest absolute Gasteiger partial charge is 0.378 e. The van der Waals surface area contributed by atoms with Crippen molar-refractivity contribution in [2.75, 3.05) is 12.4 Å². The molecule has 0 saturated carbocycles. The summed E-state index contributed by atoms with van der Waals surface area (Å²) in [5, 5.41) is 11.4. The minimum Gasteiger partial charge on any atom is -0.378 e. The summed E-state index contributed by atoms with van der Waals surface area (Å²) in [6, 6.07) is 10.5. The predicted molar refractivity (Wildman–Crippen MR) is 93.1 cm³/mol. The molecule has 25 heavy (non-hydrogen) atoms. The van der Waals surface area contributed by atoms with E-state index in [-0.39, 0.29) is 18.1 Å². The Morgan fingerprint density at radius 1 is 1.20 bits per heavy atom. The van der Waals surface area contributed by atoms with Crippen molar-refractivity contribution in [3.63, 3.8) is 0 Å². The predicted octanol–water partition coefficient (Wildman–Crippen LogP) is 2.82. The molecule has 1 N–H and O–H groups in total. The Balaban J connectivity index is 1.43. The summed E-state index contributed by atoms with van der Waals surface area (Å²) in [6.45, 7) is 0.477. The number of hydrogen-bond donors (Lipinski definition) is 1. The maximum Gasteiger partial charge on any atom is 0.322 e. The standard InChI is InChI=1S/C18H23N5O2/c1-25-12-14-11-22(21-20-14)17-9-15-7-8-16(10-17)23(15)18(24)19-13-5-3-2-4-6-13/h2-6,11,15-17H,7-10,12H2,1H3,(H,19,24). The first-order valence-electron chi connectivity index (χ1n) is 8.78. The molecule has 2 bridgehead atoms. The van der Waals surface area contributed by atoms with Crippen molar-refractivity contribution < 1.29 is 9.53 Å². The Bertz CT molecular complexity index is 718. The summed E-state index contributed by atoms with van der Waals surface area (Å²) < 4.78 is 7.06. The van der Waals surface area contributed by atoms with Gasteiger partial charge in [-0.15, -0.1) is 5.10 Å². The summed E-state index contributed by atoms with van der Waals surface area (Å²) in [4.78, 5) is 14.8. The van der Waals surface area contributed by atoms with E-state index in [1.54, 1.807) is 7.11 Å². The van der Waals surface area contributed by atoms with Crippen LogP contribution in [0.25, 0.3) is 0 Å². The Labute approximate surface area is 147 Å². The number of carbonyl (C=O) groups is 1. The molecule has 2 aromatic rings. The molecule has 0 radical (unpaired) electrons. The zero-order valence-electron chi connectivity index (χ0n) is 14.3. The first-order valence-corrected chi connectivity index (χ1v) is 8.78. The second kappa shape index (κ2) is 6.84. The molecular formula is C18H23N5O2. The van der Waals surface area contributed by atoms with Crippen molar-refractivity contribution in [2.24, 2.45) is 0 Å². The van der Waals surface area contributed by atoms with E-state index in [0.29, 0.717) is 12.6 Å². The molecule has 2 unspecified atom stereocenters. The number of fused-ring (bicyclic) bond motifs is 2. The zero-order valence-corrected chi connectivity index (χ0v) is 14.3. The number of carbonyl (C=O) groups excluding carboxylic acids is 1. The van der Waals surface area contributed by atoms with Gasteiger partial charge in [0.05, 0.1) is 18.8 Å². The van der Waals surface area contributed by atoms with E-state index in [1.807, 2.05) is 46.1 Å². The van der Waals surface area contributed by atoms with Crippen LogP contribution in [0.4, 0.5) is 10.5 Å². The van der Waals surface area contributed by atoms with Crippen molar-refractivity contribution >= 4 is 11.7 Å². The molecule has 2 amide bonds. The van der Waals surface area contributed by atoms with Gasteiger partial charge < -0.3 is 15.0 Å². The van der Waals surface area contributed by atoms with Gasteiger partial charge in [-0.25, -0.2) is 9.48 Å². The average molecular weight is 341 g/mol. The van der Waals surface area contributed by atoms with Crippen molar-refractivity contribution in [3.8, 4) is 0 Å². The molecule has 2 fully saturated rings. The Morgan fingerprint density at radius 3 is 2.60 bits per heavy atom. The summed E-state index contributed by atoms with van der Waals surface area (Å²) >= 11 is 0. The van der Waals surface area contributed by atoms with Gasteiger partial charge in [-0.2, -0.15) is 0 Å². The first-order chi connectivity index (χ1) is 12.2. The van der Waals surface area contributed by atoms with Gasteiger partial charge in [0, 0.05) is 24.9 Å². The van der Waals surface area contributed by atoms with E-state index in [0.717, 1.165) is 37.1 Å². The summed E-state index contributed by atoms with van der Waals surface area (Å²) in [7, 11) is 1.66. The van der Waals surface area contributed by atoms with Crippen molar-refractivity contribution in [2.45, 2.75) is 50.4 Å². The van der Waals surface area contributed by atoms with Crippen LogP contribution in [-0.4, -0.2) is 45.1 Å². The number of nitrogens with zero attached hydrogens (tertiary/aromatic N) is 4. The summed E-state index contributed by atoms with van der Waals surface area (Å²) in [6.07, 6.45) is 5.93. The molecule has 2 atom stereocenters. The second-order valence-corrected chi connectivity index (χ2v) is 6.84. The van der Waals surface area contributed by atoms with E-state index < -0.39 is 0 Å². The zero-order chi connectivity index (χ0) is 17.2. The Hall–Kier alpha value is -2.41. The molecule has 7 nitrogen and oxygen atoms in total. The van der Waals surface area contributed by atoms with Gasteiger partial charge in [-0.3, -0.25) is 0 Å². The highest BCUT2D eigenvalue weighted by molar-refractivity contribution is 5.90. The van der Waals surface area contributed by atoms with Crippen LogP contribution in [0.2, 0.25) is 0 Å². The molecule has 1 aromatic heterocycles. The van der Waals surface area contributed by atoms with E-state index in [1.165, 1.54) is 0 Å². The van der Waals surface area contributed by atoms with Gasteiger partial charge in [-0.1, -0.05) is 23.4 Å². The highest BCUT2D eigenvalue weighted by Gasteiger charge is 2.44. The van der Waals surface area contributed by atoms with E-state index in [9.17, 15) is 4.79 Å². The first kappa shape index (κ1) is 16.1. The summed E-state index contributed by atoms with van der Waals surface area (Å²) in [5.74, 6) is 0. The number of piperidine rings is 1. The lowest BCUT2D eigenvalue weighted by atomic mass is 9.98. The maximum atomic E-state index is 12.7. The fourth-order valence-corrected chi connectivity index (χ4v) is 4.11. The highest BCUT2D eigenvalue weighted by Crippen LogP contribution is 2.40. The van der Waals surface area contributed by atoms with Gasteiger partial charge >= 0.3 is 6.03 Å². The minimum absolute atomic E-state index is 0.0100. The SMILES string of the molecule is COCc1cn(C2CC3CCC(C2)N3C(=O)Nc2ccccc2)nn1. The van der Waals surface area contributed by atoms with Crippen LogP contribution in [0.1, 0.15) is 37.4 Å². The molecule has 0 aliphatic carbocycles. The van der Waals surface area contributed by atoms with Gasteiger partial charge in [0.15, 0.2) is 0 Å². The monoisotopic (exact) mass is 341 g/mol. The van der Waals surface area contributed by atoms with E-state index in [4.69, 9.17) is 4.74 Å². The second-order valence-electron chi connectivity index (χ2n) is 6.84. The van der Waals surface area contributed by atoms with E-state index >= 15 is 0 Å². The van der Waals surface area contributed by atoms with Crippen molar-refractivity contribution in [1.82, 2.24) is 19.9 Å². The Morgan fingerprint density at radius 2 is 1.92 bits per heavy atom. The van der Waals surface area contributed by atoms with Gasteiger partial charge in [-0.05, 0) is 37.8 Å². The normalized spacial score (nSPS) is 25.2. The molecule has 2 aliphatic rings. The van der Waals surface area contributed by atoms with Crippen LogP contribution in [0.15, 0.2) is 36.5 Å². The third-order valence-electron chi connectivity index (χ3n) is 5.19. The van der Waals surface area contributed by atoms with Crippen LogP contribution in [-0.2, 0) is 11.3 Å². The summed E-state index contributed by atoms with van der Waals surface area (Å²) in [5.41, 5.74) is 1.69. The van der Waals surface area contributed by atoms with Crippen LogP contribution in [0.5, 0.6) is 0 Å². The number of para-hydroxylation sites is 1. The number of rotatable bonds is 4. The lowest BCUT2D eigenvalue weighted by Gasteiger charge is -2.38. The number of anilines is 1. The van der Waals surface area contributed by atoms with Crippen LogP contribution in [0, 0.1) is 0 Å². The van der Waals surface area contributed by atoms with Crippen LogP contribution in [0.3, 0.4) is 0 Å². The topological polar surface area (TPSA) is 72.3 Å². The smallest absolute Gasteiger partial charge is 0.322 e. The molecular weight excluding hydrogens is 318 g/mol. The van der Waals surface area contributed by atoms with E-state index in [2.05, 4.69) is 15.6 Å². The van der Waals surface area contributed by atoms with Crippen LogP contribution < -0.4 is 5.32 Å². The minimum atomic E-state index is 0.0100. The quantitative estimate of drug-likeness (QED) is 0.928. The number of amides is 2. The molecule has 1 aromatic carbocycles. The maximum absolute atomic E-state index is 12.7. The van der Waals surface area contributed by atoms with Gasteiger partial charge in [0.25, 0.3) is 0 Å². The highest BCUT2D eigenvalue weighted by atomic mass is 16.5. The Kier molecular flexibility index (Phi) is 4.40.